The van der Waals surface area contributed by atoms with E-state index < -0.39 is 0 Å². The van der Waals surface area contributed by atoms with Crippen LogP contribution in [0.15, 0.2) is 35.5 Å². The Balaban J connectivity index is 2.32. The first-order valence-electron chi connectivity index (χ1n) is 6.26. The summed E-state index contributed by atoms with van der Waals surface area (Å²) >= 11 is 4.83. The lowest BCUT2D eigenvalue weighted by atomic mass is 10.1. The van der Waals surface area contributed by atoms with E-state index in [1.165, 1.54) is 11.8 Å². The molecule has 0 spiro atoms. The van der Waals surface area contributed by atoms with Crippen molar-refractivity contribution in [2.45, 2.75) is 0 Å². The molecule has 7 heteroatoms. The minimum absolute atomic E-state index is 0.0450. The number of thioether (sulfide) groups is 2. The molecule has 1 aliphatic rings. The van der Waals surface area contributed by atoms with Crippen LogP contribution in [-0.4, -0.2) is 29.5 Å². The van der Waals surface area contributed by atoms with Crippen molar-refractivity contribution in [2.75, 3.05) is 20.0 Å². The average Bonchev–Trinajstić information content (AvgIpc) is 2.84. The van der Waals surface area contributed by atoms with Crippen molar-refractivity contribution in [1.29, 1.82) is 0 Å². The van der Waals surface area contributed by atoms with Gasteiger partial charge in [-0.25, -0.2) is 4.99 Å². The third kappa shape index (κ3) is 4.08. The van der Waals surface area contributed by atoms with E-state index in [-0.39, 0.29) is 5.12 Å². The highest BCUT2D eigenvalue weighted by Crippen LogP contribution is 2.36. The number of methoxy groups -OCH3 is 2. The summed E-state index contributed by atoms with van der Waals surface area (Å²) in [6.45, 7) is 3.66. The SMILES string of the molecule is C=CCSC1=N/C(=C\c2cc(I)c(OC)c(OC)c2)C(=O)S1. The second kappa shape index (κ2) is 8.07. The zero-order chi connectivity index (χ0) is 16.1. The molecule has 1 aromatic carbocycles. The quantitative estimate of drug-likeness (QED) is 0.385. The van der Waals surface area contributed by atoms with Gasteiger partial charge in [0.15, 0.2) is 11.5 Å². The Morgan fingerprint density at radius 3 is 2.82 bits per heavy atom. The number of ether oxygens (including phenoxy) is 2. The second-order valence-electron chi connectivity index (χ2n) is 4.13. The van der Waals surface area contributed by atoms with Crippen LogP contribution in [0.2, 0.25) is 0 Å². The van der Waals surface area contributed by atoms with Crippen LogP contribution in [0.4, 0.5) is 0 Å². The zero-order valence-corrected chi connectivity index (χ0v) is 15.9. The highest BCUT2D eigenvalue weighted by Gasteiger charge is 2.22. The van der Waals surface area contributed by atoms with Gasteiger partial charge in [-0.1, -0.05) is 17.8 Å². The van der Waals surface area contributed by atoms with E-state index in [1.807, 2.05) is 12.1 Å². The molecular weight excluding hydrogens is 433 g/mol. The molecule has 0 N–H and O–H groups in total. The molecule has 0 atom stereocenters. The summed E-state index contributed by atoms with van der Waals surface area (Å²) in [7, 11) is 3.19. The molecule has 0 aromatic heterocycles. The van der Waals surface area contributed by atoms with Crippen molar-refractivity contribution in [1.82, 2.24) is 0 Å². The molecule has 22 heavy (non-hydrogen) atoms. The number of benzene rings is 1. The fraction of sp³-hybridized carbons (Fsp3) is 0.200. The first-order chi connectivity index (χ1) is 10.6. The number of hydrogen-bond acceptors (Lipinski definition) is 6. The predicted molar refractivity (Wildman–Crippen MR) is 103 cm³/mol. The Morgan fingerprint density at radius 2 is 2.18 bits per heavy atom. The lowest BCUT2D eigenvalue weighted by molar-refractivity contribution is -0.107. The second-order valence-corrected chi connectivity index (χ2v) is 7.53. The Kier molecular flexibility index (Phi) is 6.39. The van der Waals surface area contributed by atoms with Crippen LogP contribution in [0.25, 0.3) is 6.08 Å². The van der Waals surface area contributed by atoms with E-state index in [0.29, 0.717) is 17.2 Å². The number of hydrogen-bond donors (Lipinski definition) is 0. The molecule has 0 saturated heterocycles. The van der Waals surface area contributed by atoms with E-state index in [0.717, 1.165) is 31.0 Å². The van der Waals surface area contributed by atoms with Crippen molar-refractivity contribution in [3.05, 3.63) is 39.6 Å². The maximum absolute atomic E-state index is 12.0. The molecule has 0 amide bonds. The van der Waals surface area contributed by atoms with Gasteiger partial charge in [0.1, 0.15) is 10.1 Å². The zero-order valence-electron chi connectivity index (χ0n) is 12.1. The van der Waals surface area contributed by atoms with Crippen molar-refractivity contribution in [3.63, 3.8) is 0 Å². The van der Waals surface area contributed by atoms with Crippen molar-refractivity contribution < 1.29 is 14.3 Å². The van der Waals surface area contributed by atoms with Crippen LogP contribution >= 0.6 is 46.1 Å². The number of rotatable bonds is 5. The van der Waals surface area contributed by atoms with Gasteiger partial charge in [0.2, 0.25) is 5.12 Å². The predicted octanol–water partition coefficient (Wildman–Crippen LogP) is 4.20. The summed E-state index contributed by atoms with van der Waals surface area (Å²) in [5, 5.41) is -0.0450. The highest BCUT2D eigenvalue weighted by atomic mass is 127. The topological polar surface area (TPSA) is 47.9 Å². The van der Waals surface area contributed by atoms with Crippen LogP contribution in [-0.2, 0) is 4.79 Å². The van der Waals surface area contributed by atoms with Gasteiger partial charge in [0, 0.05) is 5.75 Å². The fourth-order valence-electron chi connectivity index (χ4n) is 1.76. The third-order valence-electron chi connectivity index (χ3n) is 2.68. The first-order valence-corrected chi connectivity index (χ1v) is 9.15. The monoisotopic (exact) mass is 447 g/mol. The van der Waals surface area contributed by atoms with Gasteiger partial charge in [0.25, 0.3) is 0 Å². The minimum Gasteiger partial charge on any atom is -0.493 e. The van der Waals surface area contributed by atoms with Gasteiger partial charge in [0.05, 0.1) is 17.8 Å². The summed E-state index contributed by atoms with van der Waals surface area (Å²) < 4.78 is 12.3. The molecule has 116 valence electrons. The fourth-order valence-corrected chi connectivity index (χ4v) is 4.21. The summed E-state index contributed by atoms with van der Waals surface area (Å²) in [4.78, 5) is 16.4. The normalized spacial score (nSPS) is 15.9. The molecule has 1 aromatic rings. The van der Waals surface area contributed by atoms with Gasteiger partial charge in [-0.05, 0) is 58.1 Å². The minimum atomic E-state index is -0.0450. The molecule has 1 aliphatic heterocycles. The summed E-state index contributed by atoms with van der Waals surface area (Å²) in [5.74, 6) is 2.05. The number of halogens is 1. The van der Waals surface area contributed by atoms with Crippen molar-refractivity contribution in [3.8, 4) is 11.5 Å². The number of carbonyl (C=O) groups excluding carboxylic acids is 1. The van der Waals surface area contributed by atoms with E-state index in [1.54, 1.807) is 26.4 Å². The Hall–Kier alpha value is -0.930. The van der Waals surface area contributed by atoms with Crippen LogP contribution in [0, 0.1) is 3.57 Å². The van der Waals surface area contributed by atoms with Gasteiger partial charge in [-0.3, -0.25) is 4.79 Å². The van der Waals surface area contributed by atoms with Gasteiger partial charge in [-0.2, -0.15) is 0 Å². The average molecular weight is 447 g/mol. The Bertz CT molecular complexity index is 671. The molecule has 0 radical (unpaired) electrons. The molecule has 0 aliphatic carbocycles. The summed E-state index contributed by atoms with van der Waals surface area (Å²) in [6.07, 6.45) is 3.55. The maximum Gasteiger partial charge on any atom is 0.244 e. The van der Waals surface area contributed by atoms with Gasteiger partial charge >= 0.3 is 0 Å². The first kappa shape index (κ1) is 17.4. The number of carbonyl (C=O) groups is 1. The molecule has 0 fully saturated rings. The maximum atomic E-state index is 12.0. The molecule has 0 bridgehead atoms. The lowest BCUT2D eigenvalue weighted by Crippen LogP contribution is -1.95. The number of aliphatic imine (C=N–C) groups is 1. The molecular formula is C15H14INO3S2. The largest absolute Gasteiger partial charge is 0.493 e. The smallest absolute Gasteiger partial charge is 0.244 e. The molecule has 2 rings (SSSR count). The number of nitrogens with zero attached hydrogens (tertiary/aromatic N) is 1. The summed E-state index contributed by atoms with van der Waals surface area (Å²) in [6, 6.07) is 3.76. The van der Waals surface area contributed by atoms with Gasteiger partial charge < -0.3 is 9.47 Å². The molecule has 0 unspecified atom stereocenters. The van der Waals surface area contributed by atoms with E-state index in [4.69, 9.17) is 9.47 Å². The van der Waals surface area contributed by atoms with E-state index in [2.05, 4.69) is 34.2 Å². The standard InChI is InChI=1S/C15H14INO3S2/c1-4-5-21-15-17-11(14(18)22-15)7-9-6-10(16)13(20-3)12(8-9)19-2/h4,6-8H,1,5H2,2-3H3/b11-7-. The van der Waals surface area contributed by atoms with Crippen LogP contribution in [0.1, 0.15) is 5.56 Å². The van der Waals surface area contributed by atoms with Crippen LogP contribution < -0.4 is 9.47 Å². The lowest BCUT2D eigenvalue weighted by Gasteiger charge is -2.10. The van der Waals surface area contributed by atoms with Crippen LogP contribution in [0.3, 0.4) is 0 Å². The van der Waals surface area contributed by atoms with Gasteiger partial charge in [-0.15, -0.1) is 6.58 Å². The molecule has 4 nitrogen and oxygen atoms in total. The van der Waals surface area contributed by atoms with E-state index >= 15 is 0 Å². The Labute approximate surface area is 151 Å². The summed E-state index contributed by atoms with van der Waals surface area (Å²) in [5.41, 5.74) is 1.30. The highest BCUT2D eigenvalue weighted by molar-refractivity contribution is 14.1. The Morgan fingerprint density at radius 1 is 1.41 bits per heavy atom. The third-order valence-corrected chi connectivity index (χ3v) is 5.49. The van der Waals surface area contributed by atoms with Crippen molar-refractivity contribution >= 4 is 61.7 Å². The molecule has 1 heterocycles. The van der Waals surface area contributed by atoms with Crippen LogP contribution in [0.5, 0.6) is 11.5 Å². The van der Waals surface area contributed by atoms with E-state index in [9.17, 15) is 4.79 Å². The van der Waals surface area contributed by atoms with Crippen molar-refractivity contribution in [2.24, 2.45) is 4.99 Å². The molecule has 0 saturated carbocycles.